The Kier molecular flexibility index (Phi) is 4.02. The third kappa shape index (κ3) is 2.74. The van der Waals surface area contributed by atoms with E-state index in [2.05, 4.69) is 36.2 Å². The van der Waals surface area contributed by atoms with Gasteiger partial charge in [-0.05, 0) is 12.8 Å². The summed E-state index contributed by atoms with van der Waals surface area (Å²) in [6.07, 6.45) is 5.90. The van der Waals surface area contributed by atoms with E-state index in [1.54, 1.807) is 0 Å². The fraction of sp³-hybridized carbons (Fsp3) is 0.867. The number of fused-ring (bicyclic) bond motifs is 1. The van der Waals surface area contributed by atoms with E-state index in [1.807, 2.05) is 0 Å². The van der Waals surface area contributed by atoms with Gasteiger partial charge in [0, 0.05) is 51.1 Å². The van der Waals surface area contributed by atoms with Gasteiger partial charge in [0.25, 0.3) is 0 Å². The second-order valence-electron chi connectivity index (χ2n) is 7.19. The number of nitrogens with one attached hydrogen (secondary N) is 3. The molecule has 0 spiro atoms. The maximum atomic E-state index is 12.9. The molecule has 4 rings (SSSR count). The van der Waals surface area contributed by atoms with Gasteiger partial charge in [-0.15, -0.1) is 10.2 Å². The molecule has 23 heavy (non-hydrogen) atoms. The molecule has 0 bridgehead atoms. The Morgan fingerprint density at radius 1 is 1.39 bits per heavy atom. The van der Waals surface area contributed by atoms with E-state index in [4.69, 9.17) is 0 Å². The topological polar surface area (TPSA) is 98.8 Å². The Morgan fingerprint density at radius 3 is 3.04 bits per heavy atom. The SMILES string of the molecule is O=C(NCCc1nn[nH]n1)[C@]12CNC[C@H]1CN(C1CCCC1)C2. The van der Waals surface area contributed by atoms with Crippen molar-refractivity contribution in [1.82, 2.24) is 36.2 Å². The highest BCUT2D eigenvalue weighted by molar-refractivity contribution is 5.84. The first-order chi connectivity index (χ1) is 11.3. The van der Waals surface area contributed by atoms with Crippen molar-refractivity contribution in [1.29, 1.82) is 0 Å². The summed E-state index contributed by atoms with van der Waals surface area (Å²) in [6.45, 7) is 4.30. The monoisotopic (exact) mass is 319 g/mol. The summed E-state index contributed by atoms with van der Waals surface area (Å²) in [7, 11) is 0. The van der Waals surface area contributed by atoms with Gasteiger partial charge in [-0.25, -0.2) is 0 Å². The van der Waals surface area contributed by atoms with Gasteiger partial charge in [0.05, 0.1) is 5.41 Å². The molecule has 2 atom stereocenters. The summed E-state index contributed by atoms with van der Waals surface area (Å²) < 4.78 is 0. The molecule has 0 aromatic carbocycles. The quantitative estimate of drug-likeness (QED) is 0.665. The van der Waals surface area contributed by atoms with Gasteiger partial charge < -0.3 is 10.6 Å². The van der Waals surface area contributed by atoms with Crippen LogP contribution in [0.1, 0.15) is 31.5 Å². The van der Waals surface area contributed by atoms with Gasteiger partial charge >= 0.3 is 0 Å². The number of carbonyl (C=O) groups is 1. The van der Waals surface area contributed by atoms with Crippen LogP contribution in [0.5, 0.6) is 0 Å². The van der Waals surface area contributed by atoms with Crippen LogP contribution in [-0.2, 0) is 11.2 Å². The molecule has 1 aromatic rings. The fourth-order valence-corrected chi connectivity index (χ4v) is 4.58. The van der Waals surface area contributed by atoms with Crippen LogP contribution in [0.2, 0.25) is 0 Å². The van der Waals surface area contributed by atoms with Crippen LogP contribution in [-0.4, -0.2) is 70.2 Å². The number of carbonyl (C=O) groups excluding carboxylic acids is 1. The highest BCUT2D eigenvalue weighted by Gasteiger charge is 2.55. The van der Waals surface area contributed by atoms with Crippen molar-refractivity contribution in [3.05, 3.63) is 5.82 Å². The number of amides is 1. The van der Waals surface area contributed by atoms with Crippen molar-refractivity contribution < 1.29 is 4.79 Å². The molecule has 1 amide bonds. The zero-order chi connectivity index (χ0) is 15.7. The molecule has 3 heterocycles. The van der Waals surface area contributed by atoms with Crippen molar-refractivity contribution in [3.8, 4) is 0 Å². The first-order valence-corrected chi connectivity index (χ1v) is 8.73. The van der Waals surface area contributed by atoms with E-state index in [0.29, 0.717) is 30.7 Å². The van der Waals surface area contributed by atoms with E-state index >= 15 is 0 Å². The third-order valence-corrected chi connectivity index (χ3v) is 5.87. The van der Waals surface area contributed by atoms with E-state index in [-0.39, 0.29) is 11.3 Å². The second kappa shape index (κ2) is 6.16. The number of aromatic nitrogens is 4. The molecule has 2 aliphatic heterocycles. The largest absolute Gasteiger partial charge is 0.355 e. The summed E-state index contributed by atoms with van der Waals surface area (Å²) >= 11 is 0. The number of hydrogen-bond acceptors (Lipinski definition) is 6. The zero-order valence-corrected chi connectivity index (χ0v) is 13.4. The van der Waals surface area contributed by atoms with Crippen molar-refractivity contribution in [3.63, 3.8) is 0 Å². The van der Waals surface area contributed by atoms with E-state index < -0.39 is 0 Å². The number of likely N-dealkylation sites (tertiary alicyclic amines) is 1. The van der Waals surface area contributed by atoms with Crippen LogP contribution in [0.4, 0.5) is 0 Å². The lowest BCUT2D eigenvalue weighted by atomic mass is 9.80. The lowest BCUT2D eigenvalue weighted by Crippen LogP contribution is -2.48. The van der Waals surface area contributed by atoms with Crippen LogP contribution < -0.4 is 10.6 Å². The minimum Gasteiger partial charge on any atom is -0.355 e. The molecule has 3 N–H and O–H groups in total. The molecule has 8 nitrogen and oxygen atoms in total. The Balaban J connectivity index is 1.37. The molecule has 2 saturated heterocycles. The Bertz CT molecular complexity index is 542. The van der Waals surface area contributed by atoms with Gasteiger partial charge in [-0.3, -0.25) is 9.69 Å². The molecule has 126 valence electrons. The zero-order valence-electron chi connectivity index (χ0n) is 13.4. The van der Waals surface area contributed by atoms with Crippen LogP contribution in [0.15, 0.2) is 0 Å². The van der Waals surface area contributed by atoms with Crippen LogP contribution in [0.3, 0.4) is 0 Å². The molecule has 1 aliphatic carbocycles. The first kappa shape index (κ1) is 15.0. The molecule has 8 heteroatoms. The number of nitrogens with zero attached hydrogens (tertiary/aromatic N) is 4. The average molecular weight is 319 g/mol. The lowest BCUT2D eigenvalue weighted by Gasteiger charge is -2.29. The van der Waals surface area contributed by atoms with Crippen molar-refractivity contribution in [2.24, 2.45) is 11.3 Å². The van der Waals surface area contributed by atoms with Crippen molar-refractivity contribution in [2.75, 3.05) is 32.7 Å². The summed E-state index contributed by atoms with van der Waals surface area (Å²) in [6, 6.07) is 0.699. The molecule has 1 saturated carbocycles. The van der Waals surface area contributed by atoms with Crippen LogP contribution in [0.25, 0.3) is 0 Å². The molecule has 0 radical (unpaired) electrons. The predicted molar refractivity (Wildman–Crippen MR) is 83.5 cm³/mol. The van der Waals surface area contributed by atoms with Gasteiger partial charge in [0.1, 0.15) is 0 Å². The number of hydrogen-bond donors (Lipinski definition) is 3. The number of H-pyrrole nitrogens is 1. The normalized spacial score (nSPS) is 31.6. The molecule has 0 unspecified atom stereocenters. The first-order valence-electron chi connectivity index (χ1n) is 8.73. The minimum atomic E-state index is -0.250. The van der Waals surface area contributed by atoms with Gasteiger partial charge in [-0.2, -0.15) is 5.21 Å². The fourth-order valence-electron chi connectivity index (χ4n) is 4.58. The lowest BCUT2D eigenvalue weighted by molar-refractivity contribution is -0.130. The molecular formula is C15H25N7O. The summed E-state index contributed by atoms with van der Waals surface area (Å²) in [5.41, 5.74) is -0.250. The summed E-state index contributed by atoms with van der Waals surface area (Å²) in [5.74, 6) is 1.27. The van der Waals surface area contributed by atoms with Gasteiger partial charge in [0.15, 0.2) is 5.82 Å². The number of rotatable bonds is 5. The smallest absolute Gasteiger partial charge is 0.229 e. The molecule has 3 aliphatic rings. The van der Waals surface area contributed by atoms with Crippen LogP contribution >= 0.6 is 0 Å². The molecular weight excluding hydrogens is 294 g/mol. The van der Waals surface area contributed by atoms with Crippen LogP contribution in [0, 0.1) is 11.3 Å². The van der Waals surface area contributed by atoms with Gasteiger partial charge in [0.2, 0.25) is 5.91 Å². The highest BCUT2D eigenvalue weighted by Crippen LogP contribution is 2.42. The number of tetrazole rings is 1. The van der Waals surface area contributed by atoms with Crippen molar-refractivity contribution in [2.45, 2.75) is 38.1 Å². The second-order valence-corrected chi connectivity index (χ2v) is 7.19. The third-order valence-electron chi connectivity index (χ3n) is 5.87. The Morgan fingerprint density at radius 2 is 2.26 bits per heavy atom. The Hall–Kier alpha value is -1.54. The van der Waals surface area contributed by atoms with E-state index in [1.165, 1.54) is 25.7 Å². The maximum absolute atomic E-state index is 12.9. The van der Waals surface area contributed by atoms with Crippen molar-refractivity contribution >= 4 is 5.91 Å². The minimum absolute atomic E-state index is 0.191. The molecule has 1 aromatic heterocycles. The summed E-state index contributed by atoms with van der Waals surface area (Å²) in [5, 5.41) is 20.4. The summed E-state index contributed by atoms with van der Waals surface area (Å²) in [4.78, 5) is 15.5. The molecule has 3 fully saturated rings. The highest BCUT2D eigenvalue weighted by atomic mass is 16.2. The van der Waals surface area contributed by atoms with E-state index in [9.17, 15) is 4.79 Å². The predicted octanol–water partition coefficient (Wildman–Crippen LogP) is -0.678. The number of aromatic amines is 1. The van der Waals surface area contributed by atoms with E-state index in [0.717, 1.165) is 26.2 Å². The average Bonchev–Trinajstić information content (AvgIpc) is 3.30. The van der Waals surface area contributed by atoms with Gasteiger partial charge in [-0.1, -0.05) is 18.1 Å². The Labute approximate surface area is 135 Å². The maximum Gasteiger partial charge on any atom is 0.229 e. The standard InChI is InChI=1S/C15H25N7O/c23-14(17-6-5-13-18-20-21-19-13)15-9-16-7-11(15)8-22(10-15)12-3-1-2-4-12/h11-12,16H,1-10H2,(H,17,23)(H,18,19,20,21)/t11-,15-/m0/s1.